The lowest BCUT2D eigenvalue weighted by molar-refractivity contribution is -0.147. The van der Waals surface area contributed by atoms with Crippen LogP contribution in [0.25, 0.3) is 0 Å². The van der Waals surface area contributed by atoms with Crippen molar-refractivity contribution in [2.45, 2.75) is 109 Å². The molecule has 2 aromatic rings. The predicted octanol–water partition coefficient (Wildman–Crippen LogP) is 5.99. The molecule has 252 valence electrons. The minimum Gasteiger partial charge on any atom is -0.444 e. The van der Waals surface area contributed by atoms with Gasteiger partial charge in [0.05, 0.1) is 28.3 Å². The number of aryl methyl sites for hydroxylation is 1. The molecule has 2 fully saturated rings. The molecule has 2 aliphatic heterocycles. The van der Waals surface area contributed by atoms with Gasteiger partial charge in [-0.1, -0.05) is 59.6 Å². The maximum atomic E-state index is 14.4. The average Bonchev–Trinajstić information content (AvgIpc) is 3.33. The maximum Gasteiger partial charge on any atom is 0.407 e. The zero-order valence-corrected chi connectivity index (χ0v) is 29.3. The Morgan fingerprint density at radius 1 is 0.978 bits per heavy atom. The molecule has 3 amide bonds. The highest BCUT2D eigenvalue weighted by molar-refractivity contribution is 6.42. The van der Waals surface area contributed by atoms with E-state index < -0.39 is 29.4 Å². The lowest BCUT2D eigenvalue weighted by Crippen LogP contribution is -2.55. The molecule has 4 rings (SSSR count). The van der Waals surface area contributed by atoms with Crippen LogP contribution in [0.15, 0.2) is 48.5 Å². The summed E-state index contributed by atoms with van der Waals surface area (Å²) in [5.41, 5.74) is 0.868. The minimum atomic E-state index is -0.845. The van der Waals surface area contributed by atoms with Gasteiger partial charge in [0, 0.05) is 31.7 Å². The molecule has 11 heteroatoms. The molecule has 2 saturated heterocycles. The van der Waals surface area contributed by atoms with Crippen molar-refractivity contribution in [1.82, 2.24) is 20.4 Å². The molecule has 9 nitrogen and oxygen atoms in total. The highest BCUT2D eigenvalue weighted by Crippen LogP contribution is 2.31. The van der Waals surface area contributed by atoms with Crippen LogP contribution < -0.4 is 10.6 Å². The van der Waals surface area contributed by atoms with E-state index >= 15 is 0 Å². The van der Waals surface area contributed by atoms with Crippen molar-refractivity contribution in [3.05, 3.63) is 69.7 Å². The fourth-order valence-electron chi connectivity index (χ4n) is 6.03. The summed E-state index contributed by atoms with van der Waals surface area (Å²) in [6.45, 7) is 12.4. The van der Waals surface area contributed by atoms with Crippen LogP contribution in [-0.4, -0.2) is 82.8 Å². The zero-order valence-electron chi connectivity index (χ0n) is 27.8. The lowest BCUT2D eigenvalue weighted by Gasteiger charge is -2.33. The fourth-order valence-corrected chi connectivity index (χ4v) is 6.35. The van der Waals surface area contributed by atoms with E-state index in [1.165, 1.54) is 5.56 Å². The number of hydrogen-bond acceptors (Lipinski definition) is 6. The molecule has 46 heavy (non-hydrogen) atoms. The van der Waals surface area contributed by atoms with Gasteiger partial charge in [0.25, 0.3) is 0 Å². The molecule has 0 bridgehead atoms. The van der Waals surface area contributed by atoms with E-state index in [9.17, 15) is 14.4 Å². The summed E-state index contributed by atoms with van der Waals surface area (Å²) in [6, 6.07) is 14.0. The van der Waals surface area contributed by atoms with E-state index in [4.69, 9.17) is 32.7 Å². The fraction of sp³-hybridized carbons (Fsp3) is 0.571. The summed E-state index contributed by atoms with van der Waals surface area (Å²) < 4.78 is 11.6. The maximum absolute atomic E-state index is 14.4. The van der Waals surface area contributed by atoms with Crippen LogP contribution in [0.1, 0.15) is 71.9 Å². The summed E-state index contributed by atoms with van der Waals surface area (Å²) in [6.07, 6.45) is 2.30. The first kappa shape index (κ1) is 36.0. The number of alkyl carbamates (subject to hydrolysis) is 1. The Labute approximate surface area is 283 Å². The van der Waals surface area contributed by atoms with Crippen molar-refractivity contribution in [2.75, 3.05) is 19.7 Å². The average molecular weight is 676 g/mol. The molecule has 4 atom stereocenters. The van der Waals surface area contributed by atoms with Crippen molar-refractivity contribution in [1.29, 1.82) is 0 Å². The van der Waals surface area contributed by atoms with Gasteiger partial charge in [-0.15, -0.1) is 0 Å². The summed E-state index contributed by atoms with van der Waals surface area (Å²) >= 11 is 12.3. The second-order valence-electron chi connectivity index (χ2n) is 14.2. The Morgan fingerprint density at radius 3 is 2.35 bits per heavy atom. The van der Waals surface area contributed by atoms with Gasteiger partial charge in [0.1, 0.15) is 11.6 Å². The lowest BCUT2D eigenvalue weighted by atomic mass is 10.0. The predicted molar refractivity (Wildman–Crippen MR) is 181 cm³/mol. The number of hydrogen-bond donors (Lipinski definition) is 2. The van der Waals surface area contributed by atoms with Crippen LogP contribution in [0.4, 0.5) is 4.79 Å². The standard InChI is InChI=1S/C35H48Cl2N4O5/c1-34(2,3)45-22-30(31(42)38-20-24-13-15-27(36)28(37)18-24)40-17-16-26(14-12-23-10-8-7-9-11-23)41-21-25(19-29(41)32(40)43)39-33(44)46-35(4,5)6/h7-11,13,15,18,25-26,29-30H,12,14,16-17,19-22H2,1-6H3,(H,38,42)(H,39,44)/t25-,26?,29+,30-/m1/s1. The summed E-state index contributed by atoms with van der Waals surface area (Å²) in [4.78, 5) is 44.9. The smallest absolute Gasteiger partial charge is 0.407 e. The number of carbonyl (C=O) groups excluding carboxylic acids is 3. The number of fused-ring (bicyclic) bond motifs is 1. The zero-order chi connectivity index (χ0) is 33.6. The van der Waals surface area contributed by atoms with Gasteiger partial charge < -0.3 is 25.0 Å². The molecular formula is C35H48Cl2N4O5. The molecule has 2 aromatic carbocycles. The largest absolute Gasteiger partial charge is 0.444 e. The van der Waals surface area contributed by atoms with E-state index in [2.05, 4.69) is 27.7 Å². The summed E-state index contributed by atoms with van der Waals surface area (Å²) in [5, 5.41) is 6.82. The SMILES string of the molecule is CC(C)(C)OC[C@H](C(=O)NCc1ccc(Cl)c(Cl)c1)N1CCC(CCc2ccccc2)N2C[C@H](NC(=O)OC(C)(C)C)C[C@H]2C1=O. The van der Waals surface area contributed by atoms with E-state index in [-0.39, 0.29) is 37.0 Å². The summed E-state index contributed by atoms with van der Waals surface area (Å²) in [5.74, 6) is -0.442. The number of carbonyl (C=O) groups is 3. The van der Waals surface area contributed by atoms with Crippen molar-refractivity contribution in [3.63, 3.8) is 0 Å². The quantitative estimate of drug-likeness (QED) is 0.321. The number of nitrogens with one attached hydrogen (secondary N) is 2. The number of amides is 3. The molecule has 0 aliphatic carbocycles. The van der Waals surface area contributed by atoms with Gasteiger partial charge in [-0.25, -0.2) is 4.79 Å². The first-order valence-electron chi connectivity index (χ1n) is 16.0. The van der Waals surface area contributed by atoms with Gasteiger partial charge in [-0.2, -0.15) is 0 Å². The molecular weight excluding hydrogens is 627 g/mol. The Bertz CT molecular complexity index is 1360. The van der Waals surface area contributed by atoms with Gasteiger partial charge in [-0.3, -0.25) is 14.5 Å². The first-order chi connectivity index (χ1) is 21.6. The van der Waals surface area contributed by atoms with E-state index in [0.29, 0.717) is 36.0 Å². The molecule has 1 unspecified atom stereocenters. The van der Waals surface area contributed by atoms with Gasteiger partial charge in [0.2, 0.25) is 11.8 Å². The highest BCUT2D eigenvalue weighted by Gasteiger charge is 2.47. The number of rotatable bonds is 10. The van der Waals surface area contributed by atoms with Crippen molar-refractivity contribution in [3.8, 4) is 0 Å². The van der Waals surface area contributed by atoms with E-state index in [1.54, 1.807) is 23.1 Å². The van der Waals surface area contributed by atoms with Crippen LogP contribution in [0, 0.1) is 0 Å². The molecule has 0 saturated carbocycles. The van der Waals surface area contributed by atoms with Crippen LogP contribution in [-0.2, 0) is 32.0 Å². The second kappa shape index (κ2) is 15.4. The third kappa shape index (κ3) is 10.3. The van der Waals surface area contributed by atoms with Gasteiger partial charge in [-0.05, 0) is 90.5 Å². The topological polar surface area (TPSA) is 100 Å². The van der Waals surface area contributed by atoms with Gasteiger partial charge >= 0.3 is 6.09 Å². The molecule has 0 spiro atoms. The minimum absolute atomic E-state index is 0.0451. The number of ether oxygens (including phenoxy) is 2. The summed E-state index contributed by atoms with van der Waals surface area (Å²) in [7, 11) is 0. The third-order valence-electron chi connectivity index (χ3n) is 8.21. The Hall–Kier alpha value is -2.85. The van der Waals surface area contributed by atoms with E-state index in [1.807, 2.05) is 59.7 Å². The Balaban J connectivity index is 1.57. The van der Waals surface area contributed by atoms with Crippen molar-refractivity contribution in [2.24, 2.45) is 0 Å². The molecule has 0 radical (unpaired) electrons. The Kier molecular flexibility index (Phi) is 12.0. The van der Waals surface area contributed by atoms with Crippen LogP contribution in [0.2, 0.25) is 10.0 Å². The second-order valence-corrected chi connectivity index (χ2v) is 15.0. The molecule has 2 aliphatic rings. The normalized spacial score (nSPS) is 21.3. The highest BCUT2D eigenvalue weighted by atomic mass is 35.5. The van der Waals surface area contributed by atoms with Crippen molar-refractivity contribution >= 4 is 41.1 Å². The van der Waals surface area contributed by atoms with Crippen LogP contribution in [0.3, 0.4) is 0 Å². The molecule has 0 aromatic heterocycles. The molecule has 2 N–H and O–H groups in total. The molecule has 2 heterocycles. The van der Waals surface area contributed by atoms with Gasteiger partial charge in [0.15, 0.2) is 0 Å². The Morgan fingerprint density at radius 2 is 1.70 bits per heavy atom. The monoisotopic (exact) mass is 674 g/mol. The first-order valence-corrected chi connectivity index (χ1v) is 16.8. The third-order valence-corrected chi connectivity index (χ3v) is 8.95. The van der Waals surface area contributed by atoms with E-state index in [0.717, 1.165) is 18.4 Å². The number of nitrogens with zero attached hydrogens (tertiary/aromatic N) is 2. The van der Waals surface area contributed by atoms with Crippen LogP contribution >= 0.6 is 23.2 Å². The van der Waals surface area contributed by atoms with Crippen molar-refractivity contribution < 1.29 is 23.9 Å². The van der Waals surface area contributed by atoms with Crippen LogP contribution in [0.5, 0.6) is 0 Å². The number of halogens is 2. The number of benzene rings is 2.